The first-order valence-corrected chi connectivity index (χ1v) is 4.68. The van der Waals surface area contributed by atoms with Gasteiger partial charge < -0.3 is 0 Å². The lowest BCUT2D eigenvalue weighted by Crippen LogP contribution is -2.10. The number of aromatic nitrogens is 3. The molecule has 6 heteroatoms. The van der Waals surface area contributed by atoms with Crippen LogP contribution in [-0.2, 0) is 0 Å². The van der Waals surface area contributed by atoms with Gasteiger partial charge >= 0.3 is 0 Å². The van der Waals surface area contributed by atoms with Crippen molar-refractivity contribution in [1.29, 1.82) is 0 Å². The monoisotopic (exact) mass is 291 g/mol. The maximum absolute atomic E-state index is 11.2. The molecule has 1 N–H and O–H groups in total. The van der Waals surface area contributed by atoms with E-state index in [1.165, 1.54) is 6.33 Å². The Hall–Kier alpha value is -0.620. The van der Waals surface area contributed by atoms with E-state index in [0.717, 1.165) is 9.08 Å². The van der Waals surface area contributed by atoms with Crippen LogP contribution in [0.1, 0.15) is 0 Å². The average molecular weight is 293 g/mol. The second kappa shape index (κ2) is 2.70. The highest BCUT2D eigenvalue weighted by molar-refractivity contribution is 9.11. The van der Waals surface area contributed by atoms with Crippen LogP contribution in [0.3, 0.4) is 0 Å². The lowest BCUT2D eigenvalue weighted by molar-refractivity contribution is 0.911. The minimum absolute atomic E-state index is 0.213. The molecule has 0 aliphatic heterocycles. The Kier molecular flexibility index (Phi) is 1.80. The minimum atomic E-state index is -0.213. The molecule has 12 heavy (non-hydrogen) atoms. The molecule has 2 aromatic heterocycles. The Morgan fingerprint density at radius 1 is 1.50 bits per heavy atom. The van der Waals surface area contributed by atoms with Crippen molar-refractivity contribution < 1.29 is 0 Å². The van der Waals surface area contributed by atoms with Gasteiger partial charge in [-0.15, -0.1) is 0 Å². The number of hydrogen-bond donors (Lipinski definition) is 1. The number of nitrogens with zero attached hydrogens (tertiary/aromatic N) is 2. The lowest BCUT2D eigenvalue weighted by Gasteiger charge is -1.92. The topological polar surface area (TPSA) is 50.2 Å². The number of aromatic amines is 1. The summed E-state index contributed by atoms with van der Waals surface area (Å²) in [6.07, 6.45) is 1.53. The molecule has 0 unspecified atom stereocenters. The summed E-state index contributed by atoms with van der Waals surface area (Å²) < 4.78 is 3.20. The SMILES string of the molecule is O=c1[nH]ncn2c(Br)cc(Br)c12. The second-order valence-corrected chi connectivity index (χ2v) is 3.89. The highest BCUT2D eigenvalue weighted by atomic mass is 79.9. The maximum Gasteiger partial charge on any atom is 0.289 e. The van der Waals surface area contributed by atoms with Gasteiger partial charge in [0.2, 0.25) is 0 Å². The van der Waals surface area contributed by atoms with E-state index < -0.39 is 0 Å². The van der Waals surface area contributed by atoms with Crippen LogP contribution in [0.25, 0.3) is 5.52 Å². The van der Waals surface area contributed by atoms with E-state index in [1.54, 1.807) is 10.5 Å². The van der Waals surface area contributed by atoms with Gasteiger partial charge in [0.25, 0.3) is 5.56 Å². The summed E-state index contributed by atoms with van der Waals surface area (Å²) in [5.74, 6) is 0. The molecule has 0 saturated carbocycles. The van der Waals surface area contributed by atoms with Crippen LogP contribution in [0, 0.1) is 0 Å². The van der Waals surface area contributed by atoms with Crippen molar-refractivity contribution in [1.82, 2.24) is 14.6 Å². The molecular weight excluding hydrogens is 290 g/mol. The van der Waals surface area contributed by atoms with Gasteiger partial charge in [0, 0.05) is 4.47 Å². The highest BCUT2D eigenvalue weighted by Gasteiger charge is 2.07. The highest BCUT2D eigenvalue weighted by Crippen LogP contribution is 2.22. The van der Waals surface area contributed by atoms with Gasteiger partial charge in [0.1, 0.15) is 11.8 Å². The molecule has 0 fully saturated rings. The summed E-state index contributed by atoms with van der Waals surface area (Å²) in [5.41, 5.74) is 0.340. The van der Waals surface area contributed by atoms with Crippen LogP contribution in [0.5, 0.6) is 0 Å². The van der Waals surface area contributed by atoms with Gasteiger partial charge in [-0.3, -0.25) is 9.20 Å². The Morgan fingerprint density at radius 2 is 2.25 bits per heavy atom. The van der Waals surface area contributed by atoms with Crippen molar-refractivity contribution >= 4 is 37.4 Å². The van der Waals surface area contributed by atoms with Crippen LogP contribution in [0.15, 0.2) is 26.3 Å². The van der Waals surface area contributed by atoms with Crippen molar-refractivity contribution in [2.45, 2.75) is 0 Å². The summed E-state index contributed by atoms with van der Waals surface area (Å²) in [5, 5.41) is 6.01. The molecule has 0 radical (unpaired) electrons. The van der Waals surface area contributed by atoms with Gasteiger partial charge in [-0.05, 0) is 37.9 Å². The number of hydrogen-bond acceptors (Lipinski definition) is 2. The van der Waals surface area contributed by atoms with Crippen molar-refractivity contribution in [2.24, 2.45) is 0 Å². The standard InChI is InChI=1S/C6H3Br2N3O/c7-3-1-4(8)11-2-9-10-6(12)5(3)11/h1-2H,(H,10,12). The Balaban J connectivity index is 3.09. The average Bonchev–Trinajstić information content (AvgIpc) is 2.29. The molecule has 0 saturated heterocycles. The van der Waals surface area contributed by atoms with Gasteiger partial charge in [-0.1, -0.05) is 0 Å². The molecule has 2 rings (SSSR count). The number of H-pyrrole nitrogens is 1. The molecule has 0 aliphatic carbocycles. The van der Waals surface area contributed by atoms with Crippen molar-refractivity contribution in [3.8, 4) is 0 Å². The second-order valence-electron chi connectivity index (χ2n) is 2.22. The van der Waals surface area contributed by atoms with Crippen molar-refractivity contribution in [2.75, 3.05) is 0 Å². The fourth-order valence-corrected chi connectivity index (χ4v) is 2.39. The number of rotatable bonds is 0. The molecular formula is C6H3Br2N3O. The number of fused-ring (bicyclic) bond motifs is 1. The largest absolute Gasteiger partial charge is 0.289 e. The third-order valence-corrected chi connectivity index (χ3v) is 2.71. The van der Waals surface area contributed by atoms with Crippen molar-refractivity contribution in [3.63, 3.8) is 0 Å². The quantitative estimate of drug-likeness (QED) is 0.801. The number of nitrogens with one attached hydrogen (secondary N) is 1. The molecule has 2 aromatic rings. The van der Waals surface area contributed by atoms with Crippen molar-refractivity contribution in [3.05, 3.63) is 31.8 Å². The summed E-state index contributed by atoms with van der Waals surface area (Å²) in [4.78, 5) is 11.2. The minimum Gasteiger partial charge on any atom is -0.287 e. The van der Waals surface area contributed by atoms with Gasteiger partial charge in [0.15, 0.2) is 0 Å². The molecule has 4 nitrogen and oxygen atoms in total. The lowest BCUT2D eigenvalue weighted by atomic mass is 10.5. The molecule has 0 atom stereocenters. The van der Waals surface area contributed by atoms with E-state index in [4.69, 9.17) is 0 Å². The Bertz CT molecular complexity index is 487. The Labute approximate surface area is 83.9 Å². The first-order valence-electron chi connectivity index (χ1n) is 3.10. The predicted octanol–water partition coefficient (Wildman–Crippen LogP) is 1.55. The molecule has 62 valence electrons. The zero-order valence-electron chi connectivity index (χ0n) is 5.71. The third kappa shape index (κ3) is 1.02. The zero-order valence-corrected chi connectivity index (χ0v) is 8.89. The zero-order chi connectivity index (χ0) is 8.72. The van der Waals surface area contributed by atoms with E-state index in [1.807, 2.05) is 0 Å². The molecule has 0 spiro atoms. The first-order chi connectivity index (χ1) is 5.70. The molecule has 2 heterocycles. The smallest absolute Gasteiger partial charge is 0.287 e. The van der Waals surface area contributed by atoms with Gasteiger partial charge in [-0.25, -0.2) is 5.10 Å². The Morgan fingerprint density at radius 3 is 2.92 bits per heavy atom. The van der Waals surface area contributed by atoms with E-state index in [2.05, 4.69) is 42.1 Å². The summed E-state index contributed by atoms with van der Waals surface area (Å²) in [6.45, 7) is 0. The fourth-order valence-electron chi connectivity index (χ4n) is 0.993. The van der Waals surface area contributed by atoms with Gasteiger partial charge in [0.05, 0.1) is 4.60 Å². The summed E-state index contributed by atoms with van der Waals surface area (Å²) in [7, 11) is 0. The van der Waals surface area contributed by atoms with Crippen LogP contribution in [-0.4, -0.2) is 14.6 Å². The van der Waals surface area contributed by atoms with E-state index in [9.17, 15) is 4.79 Å². The molecule has 0 aromatic carbocycles. The van der Waals surface area contributed by atoms with Gasteiger partial charge in [-0.2, -0.15) is 5.10 Å². The van der Waals surface area contributed by atoms with Crippen LogP contribution < -0.4 is 5.56 Å². The summed E-state index contributed by atoms with van der Waals surface area (Å²) in [6, 6.07) is 1.80. The molecule has 0 aliphatic rings. The van der Waals surface area contributed by atoms with E-state index in [-0.39, 0.29) is 5.56 Å². The third-order valence-electron chi connectivity index (χ3n) is 1.50. The van der Waals surface area contributed by atoms with Crippen LogP contribution in [0.2, 0.25) is 0 Å². The normalized spacial score (nSPS) is 10.8. The molecule has 0 bridgehead atoms. The maximum atomic E-state index is 11.2. The van der Waals surface area contributed by atoms with Crippen LogP contribution >= 0.6 is 31.9 Å². The van der Waals surface area contributed by atoms with E-state index in [0.29, 0.717) is 5.52 Å². The van der Waals surface area contributed by atoms with Crippen LogP contribution in [0.4, 0.5) is 0 Å². The summed E-state index contributed by atoms with van der Waals surface area (Å²) >= 11 is 6.56. The first kappa shape index (κ1) is 8.00. The predicted molar refractivity (Wildman–Crippen MR) is 51.2 cm³/mol. The van der Waals surface area contributed by atoms with E-state index >= 15 is 0 Å². The fraction of sp³-hybridized carbons (Fsp3) is 0. The number of halogens is 2. The molecule has 0 amide bonds.